The maximum atomic E-state index is 9.27. The van der Waals surface area contributed by atoms with Gasteiger partial charge in [0.1, 0.15) is 16.2 Å². The zero-order valence-corrected chi connectivity index (χ0v) is 12.7. The van der Waals surface area contributed by atoms with E-state index in [-0.39, 0.29) is 18.6 Å². The van der Waals surface area contributed by atoms with Gasteiger partial charge in [-0.15, -0.1) is 0 Å². The molecular weight excluding hydrogens is 298 g/mol. The van der Waals surface area contributed by atoms with Gasteiger partial charge in [-0.25, -0.2) is 9.97 Å². The van der Waals surface area contributed by atoms with Gasteiger partial charge < -0.3 is 15.5 Å². The molecule has 0 atom stereocenters. The number of anilines is 1. The average Bonchev–Trinajstić information content (AvgIpc) is 2.27. The first-order chi connectivity index (χ1) is 8.20. The summed E-state index contributed by atoms with van der Waals surface area (Å²) in [6.07, 6.45) is 0. The lowest BCUT2D eigenvalue weighted by Crippen LogP contribution is -2.43. The number of aliphatic hydroxyl groups excluding tert-OH is 2. The Hall–Kier alpha value is -0.720. The van der Waals surface area contributed by atoms with E-state index in [0.717, 1.165) is 0 Å². The van der Waals surface area contributed by atoms with Crippen molar-refractivity contribution in [2.45, 2.75) is 38.6 Å². The van der Waals surface area contributed by atoms with Gasteiger partial charge in [0.05, 0.1) is 18.8 Å². The Balaban J connectivity index is 3.08. The van der Waals surface area contributed by atoms with Crippen molar-refractivity contribution in [3.05, 3.63) is 16.5 Å². The lowest BCUT2D eigenvalue weighted by atomic mass is 9.96. The molecule has 0 radical (unpaired) electrons. The molecule has 1 aromatic heterocycles. The highest BCUT2D eigenvalue weighted by atomic mass is 79.9. The van der Waals surface area contributed by atoms with E-state index in [1.165, 1.54) is 0 Å². The maximum Gasteiger partial charge on any atom is 0.137 e. The van der Waals surface area contributed by atoms with Crippen LogP contribution in [0.1, 0.15) is 33.5 Å². The average molecular weight is 318 g/mol. The third-order valence-electron chi connectivity index (χ3n) is 2.49. The zero-order valence-electron chi connectivity index (χ0n) is 11.2. The minimum absolute atomic E-state index is 0.172. The number of aliphatic hydroxyl groups is 2. The largest absolute Gasteiger partial charge is 0.394 e. The Bertz CT molecular complexity index is 414. The summed E-state index contributed by atoms with van der Waals surface area (Å²) in [4.78, 5) is 8.74. The quantitative estimate of drug-likeness (QED) is 0.737. The summed E-state index contributed by atoms with van der Waals surface area (Å²) in [6.45, 7) is 7.42. The molecule has 0 unspecified atom stereocenters. The highest BCUT2D eigenvalue weighted by Gasteiger charge is 2.24. The van der Waals surface area contributed by atoms with Gasteiger partial charge >= 0.3 is 0 Å². The molecule has 0 fully saturated rings. The van der Waals surface area contributed by atoms with Gasteiger partial charge in [0.25, 0.3) is 0 Å². The second-order valence-electron chi connectivity index (χ2n) is 5.65. The van der Waals surface area contributed by atoms with Crippen LogP contribution < -0.4 is 5.32 Å². The molecule has 6 heteroatoms. The van der Waals surface area contributed by atoms with Crippen molar-refractivity contribution >= 4 is 21.7 Å². The van der Waals surface area contributed by atoms with Crippen LogP contribution in [0.4, 0.5) is 5.82 Å². The molecule has 1 heterocycles. The van der Waals surface area contributed by atoms with Crippen LogP contribution in [-0.4, -0.2) is 38.9 Å². The highest BCUT2D eigenvalue weighted by Crippen LogP contribution is 2.23. The molecular formula is C12H20BrN3O2. The molecule has 3 N–H and O–H groups in total. The summed E-state index contributed by atoms with van der Waals surface area (Å²) in [5.41, 5.74) is -0.974. The standard InChI is InChI=1S/C12H20BrN3O2/c1-11(2,3)10-14-8(13)5-9(15-10)16-12(4,6-17)7-18/h5,17-18H,6-7H2,1-4H3,(H,14,15,16). The van der Waals surface area contributed by atoms with Crippen molar-refractivity contribution in [3.8, 4) is 0 Å². The Morgan fingerprint density at radius 2 is 1.72 bits per heavy atom. The Morgan fingerprint density at radius 3 is 2.17 bits per heavy atom. The van der Waals surface area contributed by atoms with Crippen LogP contribution in [0.15, 0.2) is 10.7 Å². The lowest BCUT2D eigenvalue weighted by Gasteiger charge is -2.27. The van der Waals surface area contributed by atoms with Gasteiger partial charge in [0.15, 0.2) is 0 Å². The van der Waals surface area contributed by atoms with Gasteiger partial charge in [0.2, 0.25) is 0 Å². The molecule has 0 saturated heterocycles. The predicted molar refractivity (Wildman–Crippen MR) is 74.6 cm³/mol. The molecule has 5 nitrogen and oxygen atoms in total. The number of nitrogens with zero attached hydrogens (tertiary/aromatic N) is 2. The zero-order chi connectivity index (χ0) is 14.0. The third-order valence-corrected chi connectivity index (χ3v) is 2.90. The number of hydrogen-bond donors (Lipinski definition) is 3. The van der Waals surface area contributed by atoms with E-state index in [0.29, 0.717) is 16.2 Å². The van der Waals surface area contributed by atoms with Crippen LogP contribution in [-0.2, 0) is 5.41 Å². The maximum absolute atomic E-state index is 9.27. The number of nitrogens with one attached hydrogen (secondary N) is 1. The molecule has 0 bridgehead atoms. The fourth-order valence-electron chi connectivity index (χ4n) is 1.26. The minimum Gasteiger partial charge on any atom is -0.394 e. The van der Waals surface area contributed by atoms with Crippen LogP contribution in [0.5, 0.6) is 0 Å². The summed E-state index contributed by atoms with van der Waals surface area (Å²) in [5, 5.41) is 21.6. The summed E-state index contributed by atoms with van der Waals surface area (Å²) >= 11 is 3.34. The molecule has 1 rings (SSSR count). The minimum atomic E-state index is -0.803. The summed E-state index contributed by atoms with van der Waals surface area (Å²) in [5.74, 6) is 1.27. The van der Waals surface area contributed by atoms with E-state index < -0.39 is 5.54 Å². The SMILES string of the molecule is CC(CO)(CO)Nc1cc(Br)nc(C(C)(C)C)n1. The van der Waals surface area contributed by atoms with E-state index >= 15 is 0 Å². The van der Waals surface area contributed by atoms with Crippen molar-refractivity contribution in [2.24, 2.45) is 0 Å². The number of aromatic nitrogens is 2. The molecule has 0 aliphatic rings. The first kappa shape index (κ1) is 15.3. The van der Waals surface area contributed by atoms with Crippen molar-refractivity contribution in [1.82, 2.24) is 9.97 Å². The summed E-state index contributed by atoms with van der Waals surface area (Å²) in [6, 6.07) is 1.72. The van der Waals surface area contributed by atoms with Crippen LogP contribution in [0, 0.1) is 0 Å². The Labute approximate surface area is 116 Å². The van der Waals surface area contributed by atoms with Gasteiger partial charge in [-0.1, -0.05) is 20.8 Å². The van der Waals surface area contributed by atoms with Gasteiger partial charge in [0, 0.05) is 11.5 Å². The number of halogens is 1. The third kappa shape index (κ3) is 3.90. The Kier molecular flexibility index (Phi) is 4.69. The van der Waals surface area contributed by atoms with E-state index in [2.05, 4.69) is 31.2 Å². The van der Waals surface area contributed by atoms with Crippen molar-refractivity contribution in [2.75, 3.05) is 18.5 Å². The molecule has 0 saturated carbocycles. The summed E-state index contributed by atoms with van der Waals surface area (Å²) in [7, 11) is 0. The number of hydrogen-bond acceptors (Lipinski definition) is 5. The van der Waals surface area contributed by atoms with Gasteiger partial charge in [-0.05, 0) is 22.9 Å². The van der Waals surface area contributed by atoms with E-state index in [9.17, 15) is 10.2 Å². The van der Waals surface area contributed by atoms with E-state index in [1.807, 2.05) is 20.8 Å². The topological polar surface area (TPSA) is 78.3 Å². The van der Waals surface area contributed by atoms with Crippen LogP contribution in [0.3, 0.4) is 0 Å². The second-order valence-corrected chi connectivity index (χ2v) is 6.46. The van der Waals surface area contributed by atoms with Crippen LogP contribution in [0.25, 0.3) is 0 Å². The molecule has 0 aliphatic carbocycles. The molecule has 0 spiro atoms. The van der Waals surface area contributed by atoms with Gasteiger partial charge in [-0.2, -0.15) is 0 Å². The first-order valence-electron chi connectivity index (χ1n) is 5.75. The lowest BCUT2D eigenvalue weighted by molar-refractivity contribution is 0.147. The second kappa shape index (κ2) is 5.50. The van der Waals surface area contributed by atoms with Gasteiger partial charge in [-0.3, -0.25) is 0 Å². The first-order valence-corrected chi connectivity index (χ1v) is 6.54. The fourth-order valence-corrected chi connectivity index (χ4v) is 1.64. The molecule has 102 valence electrons. The molecule has 0 aromatic carbocycles. The molecule has 18 heavy (non-hydrogen) atoms. The molecule has 0 aliphatic heterocycles. The normalized spacial score (nSPS) is 12.6. The van der Waals surface area contributed by atoms with E-state index in [4.69, 9.17) is 0 Å². The highest BCUT2D eigenvalue weighted by molar-refractivity contribution is 9.10. The molecule has 0 amide bonds. The van der Waals surface area contributed by atoms with Crippen molar-refractivity contribution in [1.29, 1.82) is 0 Å². The Morgan fingerprint density at radius 1 is 1.17 bits per heavy atom. The predicted octanol–water partition coefficient (Wildman–Crippen LogP) is 1.69. The fraction of sp³-hybridized carbons (Fsp3) is 0.667. The van der Waals surface area contributed by atoms with Crippen LogP contribution in [0.2, 0.25) is 0 Å². The van der Waals surface area contributed by atoms with E-state index in [1.54, 1.807) is 13.0 Å². The van der Waals surface area contributed by atoms with Crippen molar-refractivity contribution < 1.29 is 10.2 Å². The monoisotopic (exact) mass is 317 g/mol. The van der Waals surface area contributed by atoms with Crippen LogP contribution >= 0.6 is 15.9 Å². The summed E-state index contributed by atoms with van der Waals surface area (Å²) < 4.78 is 0.670. The van der Waals surface area contributed by atoms with Crippen molar-refractivity contribution in [3.63, 3.8) is 0 Å². The number of rotatable bonds is 4. The molecule has 1 aromatic rings. The smallest absolute Gasteiger partial charge is 0.137 e.